The summed E-state index contributed by atoms with van der Waals surface area (Å²) in [5.41, 5.74) is -1.13. The van der Waals surface area contributed by atoms with Gasteiger partial charge in [-0.25, -0.2) is 14.8 Å². The van der Waals surface area contributed by atoms with Crippen LogP contribution in [0.15, 0.2) is 18.5 Å². The molecule has 0 aliphatic carbocycles. The van der Waals surface area contributed by atoms with Crippen molar-refractivity contribution in [3.63, 3.8) is 0 Å². The molecule has 6 nitrogen and oxygen atoms in total. The van der Waals surface area contributed by atoms with E-state index in [0.29, 0.717) is 12.8 Å². The van der Waals surface area contributed by atoms with Crippen molar-refractivity contribution in [3.05, 3.63) is 24.3 Å². The third-order valence-corrected chi connectivity index (χ3v) is 3.58. The van der Waals surface area contributed by atoms with Crippen LogP contribution in [0.5, 0.6) is 0 Å². The molecule has 0 spiro atoms. The predicted molar refractivity (Wildman–Crippen MR) is 71.2 cm³/mol. The Kier molecular flexibility index (Phi) is 3.80. The Hall–Kier alpha value is -1.53. The van der Waals surface area contributed by atoms with E-state index in [9.17, 15) is 10.0 Å². The van der Waals surface area contributed by atoms with Gasteiger partial charge in [-0.15, -0.1) is 10.3 Å². The average Bonchev–Trinajstić information content (AvgIpc) is 2.36. The highest BCUT2D eigenvalue weighted by Crippen LogP contribution is 2.38. The first-order valence-electron chi connectivity index (χ1n) is 6.68. The highest BCUT2D eigenvalue weighted by atomic mass is 16.5. The zero-order chi connectivity index (χ0) is 15.0. The summed E-state index contributed by atoms with van der Waals surface area (Å²) in [4.78, 5) is 19.7. The average molecular weight is 278 g/mol. The maximum absolute atomic E-state index is 12.2. The Bertz CT molecular complexity index is 470. The van der Waals surface area contributed by atoms with Crippen molar-refractivity contribution in [3.8, 4) is 0 Å². The Labute approximate surface area is 118 Å². The van der Waals surface area contributed by atoms with Crippen molar-refractivity contribution in [2.45, 2.75) is 57.7 Å². The molecule has 1 aromatic rings. The molecule has 1 aliphatic rings. The van der Waals surface area contributed by atoms with Gasteiger partial charge in [0.2, 0.25) is 5.82 Å². The number of nitrogens with zero attached hydrogens (tertiary/aromatic N) is 3. The minimum atomic E-state index is -0.565. The number of rotatable bonds is 2. The lowest BCUT2D eigenvalue weighted by Gasteiger charge is -2.49. The molecule has 1 fully saturated rings. The van der Waals surface area contributed by atoms with Gasteiger partial charge in [0.1, 0.15) is 6.10 Å². The van der Waals surface area contributed by atoms with Gasteiger partial charge >= 0.3 is 5.97 Å². The summed E-state index contributed by atoms with van der Waals surface area (Å²) in [6.07, 6.45) is 3.69. The monoisotopic (exact) mass is 278 g/mol. The van der Waals surface area contributed by atoms with Crippen LogP contribution >= 0.6 is 0 Å². The number of aromatic nitrogens is 2. The minimum Gasteiger partial charge on any atom is -0.456 e. The van der Waals surface area contributed by atoms with Crippen LogP contribution in [-0.4, -0.2) is 38.2 Å². The zero-order valence-electron chi connectivity index (χ0n) is 12.3. The van der Waals surface area contributed by atoms with Crippen LogP contribution < -0.4 is 0 Å². The summed E-state index contributed by atoms with van der Waals surface area (Å²) in [6.45, 7) is 7.45. The third-order valence-electron chi connectivity index (χ3n) is 3.58. The van der Waals surface area contributed by atoms with E-state index < -0.39 is 17.0 Å². The fourth-order valence-electron chi connectivity index (χ4n) is 2.86. The standard InChI is InChI=1S/C14H20N3O3/c1-13(2)8-10(9-14(3,4)17(13)19)20-12(18)11-15-6-5-7-16-11/h5-7,10H,8-9H2,1-4H3. The molecule has 2 rings (SSSR count). The van der Waals surface area contributed by atoms with E-state index in [4.69, 9.17) is 4.74 Å². The van der Waals surface area contributed by atoms with Gasteiger partial charge in [0.25, 0.3) is 0 Å². The summed E-state index contributed by atoms with van der Waals surface area (Å²) in [7, 11) is 0. The van der Waals surface area contributed by atoms with Crippen LogP contribution in [0.3, 0.4) is 0 Å². The molecule has 109 valence electrons. The lowest BCUT2D eigenvalue weighted by molar-refractivity contribution is -0.298. The van der Waals surface area contributed by atoms with Crippen LogP contribution in [0.4, 0.5) is 0 Å². The molecule has 1 aromatic heterocycles. The Morgan fingerprint density at radius 2 is 1.70 bits per heavy atom. The summed E-state index contributed by atoms with van der Waals surface area (Å²) >= 11 is 0. The van der Waals surface area contributed by atoms with E-state index in [1.165, 1.54) is 12.4 Å². The topological polar surface area (TPSA) is 75.2 Å². The van der Waals surface area contributed by atoms with Gasteiger partial charge in [0.15, 0.2) is 0 Å². The molecule has 0 aromatic carbocycles. The molecular formula is C14H20N3O3. The molecule has 0 bridgehead atoms. The largest absolute Gasteiger partial charge is 0.456 e. The number of hydroxylamine groups is 2. The SMILES string of the molecule is CC1(C)CC(OC(=O)c2ncccn2)CC(C)(C)N1[O]. The highest BCUT2D eigenvalue weighted by Gasteiger charge is 2.47. The first-order valence-corrected chi connectivity index (χ1v) is 6.68. The Balaban J connectivity index is 2.09. The molecule has 0 amide bonds. The molecular weight excluding hydrogens is 258 g/mol. The maximum atomic E-state index is 12.2. The van der Waals surface area contributed by atoms with Crippen molar-refractivity contribution in [2.75, 3.05) is 0 Å². The first-order chi connectivity index (χ1) is 9.22. The molecule has 1 aliphatic heterocycles. The summed E-state index contributed by atoms with van der Waals surface area (Å²) in [5.74, 6) is -0.491. The second-order valence-electron chi connectivity index (χ2n) is 6.43. The van der Waals surface area contributed by atoms with Gasteiger partial charge in [-0.05, 0) is 33.8 Å². The smallest absolute Gasteiger partial charge is 0.376 e. The predicted octanol–water partition coefficient (Wildman–Crippen LogP) is 2.00. The van der Waals surface area contributed by atoms with Crippen molar-refractivity contribution in [1.29, 1.82) is 0 Å². The van der Waals surface area contributed by atoms with Gasteiger partial charge in [-0.2, -0.15) is 0 Å². The Morgan fingerprint density at radius 3 is 2.20 bits per heavy atom. The van der Waals surface area contributed by atoms with Crippen molar-refractivity contribution < 1.29 is 14.7 Å². The van der Waals surface area contributed by atoms with Crippen molar-refractivity contribution in [2.24, 2.45) is 0 Å². The Morgan fingerprint density at radius 1 is 1.20 bits per heavy atom. The van der Waals surface area contributed by atoms with Gasteiger partial charge < -0.3 is 4.74 Å². The molecule has 6 heteroatoms. The number of hydrogen-bond donors (Lipinski definition) is 0. The van der Waals surface area contributed by atoms with Crippen molar-refractivity contribution >= 4 is 5.97 Å². The molecule has 1 saturated heterocycles. The lowest BCUT2D eigenvalue weighted by Crippen LogP contribution is -2.60. The fourth-order valence-corrected chi connectivity index (χ4v) is 2.86. The molecule has 1 radical (unpaired) electrons. The highest BCUT2D eigenvalue weighted by molar-refractivity contribution is 5.85. The van der Waals surface area contributed by atoms with Crippen LogP contribution in [-0.2, 0) is 9.94 Å². The minimum absolute atomic E-state index is 0.0488. The summed E-state index contributed by atoms with van der Waals surface area (Å²) < 4.78 is 5.47. The van der Waals surface area contributed by atoms with E-state index in [-0.39, 0.29) is 11.9 Å². The number of hydrogen-bond acceptors (Lipinski definition) is 5. The third kappa shape index (κ3) is 2.96. The van der Waals surface area contributed by atoms with Crippen LogP contribution in [0.2, 0.25) is 0 Å². The van der Waals surface area contributed by atoms with Gasteiger partial charge in [0.05, 0.1) is 0 Å². The molecule has 0 unspecified atom stereocenters. The van der Waals surface area contributed by atoms with Crippen LogP contribution in [0, 0.1) is 0 Å². The lowest BCUT2D eigenvalue weighted by atomic mass is 9.80. The molecule has 2 heterocycles. The normalized spacial score (nSPS) is 22.4. The fraction of sp³-hybridized carbons (Fsp3) is 0.643. The van der Waals surface area contributed by atoms with E-state index in [1.807, 2.05) is 27.7 Å². The van der Waals surface area contributed by atoms with E-state index in [2.05, 4.69) is 9.97 Å². The van der Waals surface area contributed by atoms with E-state index in [1.54, 1.807) is 6.07 Å². The van der Waals surface area contributed by atoms with Crippen LogP contribution in [0.1, 0.15) is 51.2 Å². The summed E-state index contributed by atoms with van der Waals surface area (Å²) in [5, 5.41) is 13.3. The van der Waals surface area contributed by atoms with Gasteiger partial charge in [-0.1, -0.05) is 0 Å². The van der Waals surface area contributed by atoms with Crippen LogP contribution in [0.25, 0.3) is 0 Å². The first kappa shape index (κ1) is 14.9. The number of esters is 1. The van der Waals surface area contributed by atoms with E-state index in [0.717, 1.165) is 5.06 Å². The molecule has 0 N–H and O–H groups in total. The molecule has 20 heavy (non-hydrogen) atoms. The number of ether oxygens (including phenoxy) is 1. The number of carbonyl (C=O) groups is 1. The number of carbonyl (C=O) groups excluding carboxylic acids is 1. The zero-order valence-corrected chi connectivity index (χ0v) is 12.3. The maximum Gasteiger partial charge on any atom is 0.376 e. The van der Waals surface area contributed by atoms with Gasteiger partial charge in [0, 0.05) is 36.3 Å². The second-order valence-corrected chi connectivity index (χ2v) is 6.43. The van der Waals surface area contributed by atoms with Gasteiger partial charge in [-0.3, -0.25) is 0 Å². The number of piperidine rings is 1. The van der Waals surface area contributed by atoms with Crippen molar-refractivity contribution in [1.82, 2.24) is 15.0 Å². The second kappa shape index (κ2) is 5.10. The molecule has 0 saturated carbocycles. The quantitative estimate of drug-likeness (QED) is 0.773. The molecule has 0 atom stereocenters. The van der Waals surface area contributed by atoms with E-state index >= 15 is 0 Å². The summed E-state index contributed by atoms with van der Waals surface area (Å²) in [6, 6.07) is 1.64.